The Hall–Kier alpha value is -2.79. The topological polar surface area (TPSA) is 56.1 Å². The van der Waals surface area contributed by atoms with Crippen LogP contribution in [0.3, 0.4) is 0 Å². The zero-order valence-corrected chi connectivity index (χ0v) is 15.4. The molecule has 26 heavy (non-hydrogen) atoms. The fraction of sp³-hybridized carbons (Fsp3) is 0.200. The summed E-state index contributed by atoms with van der Waals surface area (Å²) in [5.74, 6) is 0.447. The fourth-order valence-electron chi connectivity index (χ4n) is 2.57. The van der Waals surface area contributed by atoms with Crippen molar-refractivity contribution in [3.63, 3.8) is 0 Å². The van der Waals surface area contributed by atoms with Crippen LogP contribution in [-0.2, 0) is 4.79 Å². The van der Waals surface area contributed by atoms with Crippen LogP contribution < -0.4 is 10.1 Å². The largest absolute Gasteiger partial charge is 0.484 e. The highest BCUT2D eigenvalue weighted by atomic mass is 35.5. The number of rotatable bonds is 6. The van der Waals surface area contributed by atoms with E-state index in [9.17, 15) is 4.79 Å². The average molecular weight is 370 g/mol. The summed E-state index contributed by atoms with van der Waals surface area (Å²) in [5, 5.41) is 3.61. The zero-order chi connectivity index (χ0) is 18.5. The van der Waals surface area contributed by atoms with Crippen molar-refractivity contribution in [3.8, 4) is 11.4 Å². The Balaban J connectivity index is 1.54. The number of carbonyl (C=O) groups is 1. The highest BCUT2D eigenvalue weighted by Gasteiger charge is 2.11. The Morgan fingerprint density at radius 3 is 2.69 bits per heavy atom. The number of hydrogen-bond acceptors (Lipinski definition) is 3. The quantitative estimate of drug-likeness (QED) is 0.712. The van der Waals surface area contributed by atoms with E-state index in [2.05, 4.69) is 10.3 Å². The van der Waals surface area contributed by atoms with Gasteiger partial charge in [0, 0.05) is 23.1 Å². The first-order valence-corrected chi connectivity index (χ1v) is 8.67. The predicted octanol–water partition coefficient (Wildman–Crippen LogP) is 4.09. The number of aromatic nitrogens is 2. The van der Waals surface area contributed by atoms with Crippen LogP contribution >= 0.6 is 11.6 Å². The summed E-state index contributed by atoms with van der Waals surface area (Å²) in [6.45, 7) is 3.79. The molecular formula is C20H20ClN3O2. The molecule has 1 amide bonds. The minimum absolute atomic E-state index is 0.0431. The molecule has 2 aromatic carbocycles. The van der Waals surface area contributed by atoms with Crippen LogP contribution in [0.4, 0.5) is 0 Å². The maximum absolute atomic E-state index is 12.1. The Morgan fingerprint density at radius 2 is 2.04 bits per heavy atom. The van der Waals surface area contributed by atoms with E-state index < -0.39 is 0 Å². The van der Waals surface area contributed by atoms with Gasteiger partial charge in [-0.1, -0.05) is 23.7 Å². The highest BCUT2D eigenvalue weighted by molar-refractivity contribution is 6.31. The number of benzene rings is 2. The molecule has 134 valence electrons. The Bertz CT molecular complexity index is 877. The van der Waals surface area contributed by atoms with Crippen molar-refractivity contribution in [1.82, 2.24) is 14.9 Å². The number of imidazole rings is 1. The van der Waals surface area contributed by atoms with Crippen LogP contribution in [0.5, 0.6) is 5.75 Å². The van der Waals surface area contributed by atoms with E-state index in [1.165, 1.54) is 0 Å². The zero-order valence-electron chi connectivity index (χ0n) is 14.6. The van der Waals surface area contributed by atoms with Crippen molar-refractivity contribution < 1.29 is 9.53 Å². The van der Waals surface area contributed by atoms with Gasteiger partial charge in [0.2, 0.25) is 0 Å². The molecule has 0 saturated carbocycles. The van der Waals surface area contributed by atoms with Gasteiger partial charge in [-0.05, 0) is 55.3 Å². The number of amides is 1. The molecule has 5 nitrogen and oxygen atoms in total. The summed E-state index contributed by atoms with van der Waals surface area (Å²) in [5.41, 5.74) is 2.95. The standard InChI is InChI=1S/C20H20ClN3O2/c1-14-11-18(7-8-19(14)21)26-12-20(25)23-15(2)16-3-5-17(6-4-16)24-10-9-22-13-24/h3-11,13,15H,12H2,1-2H3,(H,23,25). The van der Waals surface area contributed by atoms with Crippen molar-refractivity contribution in [2.24, 2.45) is 0 Å². The number of nitrogens with one attached hydrogen (secondary N) is 1. The lowest BCUT2D eigenvalue weighted by Crippen LogP contribution is -2.31. The summed E-state index contributed by atoms with van der Waals surface area (Å²) < 4.78 is 7.45. The van der Waals surface area contributed by atoms with Gasteiger partial charge >= 0.3 is 0 Å². The molecule has 0 aliphatic heterocycles. The van der Waals surface area contributed by atoms with E-state index >= 15 is 0 Å². The predicted molar refractivity (Wildman–Crippen MR) is 102 cm³/mol. The van der Waals surface area contributed by atoms with Gasteiger partial charge < -0.3 is 14.6 Å². The number of aryl methyl sites for hydroxylation is 1. The number of halogens is 1. The second-order valence-electron chi connectivity index (χ2n) is 6.05. The fourth-order valence-corrected chi connectivity index (χ4v) is 2.69. The van der Waals surface area contributed by atoms with Crippen LogP contribution in [0.1, 0.15) is 24.1 Å². The molecule has 1 heterocycles. The molecular weight excluding hydrogens is 350 g/mol. The molecule has 0 saturated heterocycles. The second-order valence-corrected chi connectivity index (χ2v) is 6.46. The highest BCUT2D eigenvalue weighted by Crippen LogP contribution is 2.21. The van der Waals surface area contributed by atoms with Crippen molar-refractivity contribution in [1.29, 1.82) is 0 Å². The van der Waals surface area contributed by atoms with Gasteiger partial charge in [-0.25, -0.2) is 4.98 Å². The molecule has 1 aromatic heterocycles. The Morgan fingerprint density at radius 1 is 1.27 bits per heavy atom. The third kappa shape index (κ3) is 4.43. The van der Waals surface area contributed by atoms with E-state index in [-0.39, 0.29) is 18.6 Å². The SMILES string of the molecule is Cc1cc(OCC(=O)NC(C)c2ccc(-n3ccnc3)cc2)ccc1Cl. The van der Waals surface area contributed by atoms with Crippen molar-refractivity contribution >= 4 is 17.5 Å². The third-order valence-electron chi connectivity index (χ3n) is 4.07. The summed E-state index contributed by atoms with van der Waals surface area (Å²) >= 11 is 5.98. The van der Waals surface area contributed by atoms with E-state index in [4.69, 9.17) is 16.3 Å². The van der Waals surface area contributed by atoms with Crippen molar-refractivity contribution in [2.45, 2.75) is 19.9 Å². The van der Waals surface area contributed by atoms with E-state index in [1.807, 2.05) is 54.9 Å². The van der Waals surface area contributed by atoms with Gasteiger partial charge in [-0.2, -0.15) is 0 Å². The Kier molecular flexibility index (Phi) is 5.58. The lowest BCUT2D eigenvalue weighted by molar-refractivity contribution is -0.123. The molecule has 1 unspecified atom stereocenters. The normalized spacial score (nSPS) is 11.8. The molecule has 0 aliphatic carbocycles. The molecule has 0 spiro atoms. The summed E-state index contributed by atoms with van der Waals surface area (Å²) in [7, 11) is 0. The van der Waals surface area contributed by atoms with Crippen LogP contribution in [0.2, 0.25) is 5.02 Å². The molecule has 0 aliphatic rings. The molecule has 3 aromatic rings. The first-order valence-electron chi connectivity index (χ1n) is 8.29. The molecule has 3 rings (SSSR count). The van der Waals surface area contributed by atoms with Crippen LogP contribution in [0.25, 0.3) is 5.69 Å². The van der Waals surface area contributed by atoms with Crippen LogP contribution in [0.15, 0.2) is 61.2 Å². The summed E-state index contributed by atoms with van der Waals surface area (Å²) in [6.07, 6.45) is 5.37. The summed E-state index contributed by atoms with van der Waals surface area (Å²) in [4.78, 5) is 16.2. The first kappa shape index (κ1) is 18.0. The molecule has 6 heteroatoms. The molecule has 1 atom stereocenters. The maximum atomic E-state index is 12.1. The monoisotopic (exact) mass is 369 g/mol. The van der Waals surface area contributed by atoms with Gasteiger partial charge in [0.05, 0.1) is 12.4 Å². The van der Waals surface area contributed by atoms with Crippen molar-refractivity contribution in [2.75, 3.05) is 6.61 Å². The molecule has 0 fully saturated rings. The number of hydrogen-bond donors (Lipinski definition) is 1. The van der Waals surface area contributed by atoms with Crippen LogP contribution in [0, 0.1) is 6.92 Å². The minimum atomic E-state index is -0.177. The number of ether oxygens (including phenoxy) is 1. The summed E-state index contributed by atoms with van der Waals surface area (Å²) in [6, 6.07) is 13.2. The van der Waals surface area contributed by atoms with E-state index in [0.29, 0.717) is 10.8 Å². The lowest BCUT2D eigenvalue weighted by Gasteiger charge is -2.15. The van der Waals surface area contributed by atoms with Gasteiger partial charge in [0.25, 0.3) is 5.91 Å². The molecule has 0 radical (unpaired) electrons. The van der Waals surface area contributed by atoms with Gasteiger partial charge in [0.1, 0.15) is 5.75 Å². The third-order valence-corrected chi connectivity index (χ3v) is 4.50. The van der Waals surface area contributed by atoms with E-state index in [1.54, 1.807) is 24.7 Å². The minimum Gasteiger partial charge on any atom is -0.484 e. The maximum Gasteiger partial charge on any atom is 0.258 e. The smallest absolute Gasteiger partial charge is 0.258 e. The lowest BCUT2D eigenvalue weighted by atomic mass is 10.1. The van der Waals surface area contributed by atoms with Gasteiger partial charge in [-0.3, -0.25) is 4.79 Å². The Labute approximate surface area is 157 Å². The number of nitrogens with zero attached hydrogens (tertiary/aromatic N) is 2. The first-order chi connectivity index (χ1) is 12.5. The van der Waals surface area contributed by atoms with E-state index in [0.717, 1.165) is 16.8 Å². The van der Waals surface area contributed by atoms with Crippen molar-refractivity contribution in [3.05, 3.63) is 77.3 Å². The molecule has 0 bridgehead atoms. The second kappa shape index (κ2) is 8.06. The van der Waals surface area contributed by atoms with Crippen LogP contribution in [-0.4, -0.2) is 22.1 Å². The van der Waals surface area contributed by atoms with Gasteiger partial charge in [-0.15, -0.1) is 0 Å². The average Bonchev–Trinajstić information content (AvgIpc) is 3.17. The molecule has 1 N–H and O–H groups in total. The number of carbonyl (C=O) groups excluding carboxylic acids is 1. The van der Waals surface area contributed by atoms with Gasteiger partial charge in [0.15, 0.2) is 6.61 Å².